The van der Waals surface area contributed by atoms with Gasteiger partial charge >= 0.3 is 6.09 Å². The minimum absolute atomic E-state index is 0.145. The summed E-state index contributed by atoms with van der Waals surface area (Å²) in [5.41, 5.74) is -0.378. The number of rotatable bonds is 5. The molecular formula is C16H23ClN4O2. The first-order valence-electron chi connectivity index (χ1n) is 7.42. The summed E-state index contributed by atoms with van der Waals surface area (Å²) in [4.78, 5) is 16.0. The van der Waals surface area contributed by atoms with E-state index in [2.05, 4.69) is 15.6 Å². The first-order chi connectivity index (χ1) is 10.6. The molecule has 1 amide bonds. The van der Waals surface area contributed by atoms with Gasteiger partial charge in [0, 0.05) is 6.54 Å². The summed E-state index contributed by atoms with van der Waals surface area (Å²) in [6.45, 7) is 9.90. The summed E-state index contributed by atoms with van der Waals surface area (Å²) in [7, 11) is 0. The van der Waals surface area contributed by atoms with Crippen molar-refractivity contribution in [1.29, 1.82) is 5.26 Å². The molecule has 0 aliphatic rings. The van der Waals surface area contributed by atoms with E-state index in [0.717, 1.165) is 0 Å². The van der Waals surface area contributed by atoms with Crippen molar-refractivity contribution >= 4 is 23.5 Å². The number of anilines is 1. The molecule has 0 fully saturated rings. The second-order valence-electron chi connectivity index (χ2n) is 6.52. The van der Waals surface area contributed by atoms with Gasteiger partial charge in [-0.3, -0.25) is 0 Å². The van der Waals surface area contributed by atoms with Crippen LogP contribution >= 0.6 is 11.6 Å². The minimum atomic E-state index is -0.543. The van der Waals surface area contributed by atoms with E-state index >= 15 is 0 Å². The van der Waals surface area contributed by atoms with Crippen LogP contribution in [0, 0.1) is 17.2 Å². The Morgan fingerprint density at radius 1 is 1.43 bits per heavy atom. The molecule has 1 rings (SSSR count). The third-order valence-electron chi connectivity index (χ3n) is 2.96. The lowest BCUT2D eigenvalue weighted by Gasteiger charge is -2.26. The van der Waals surface area contributed by atoms with Gasteiger partial charge in [0.05, 0.1) is 11.1 Å². The van der Waals surface area contributed by atoms with Crippen LogP contribution in [0.1, 0.15) is 40.3 Å². The first-order valence-corrected chi connectivity index (χ1v) is 7.80. The summed E-state index contributed by atoms with van der Waals surface area (Å²) in [6, 6.07) is 5.09. The van der Waals surface area contributed by atoms with Gasteiger partial charge in [0.15, 0.2) is 5.69 Å². The molecule has 0 aliphatic heterocycles. The number of hydrogen-bond acceptors (Lipinski definition) is 5. The quantitative estimate of drug-likeness (QED) is 0.857. The zero-order valence-corrected chi connectivity index (χ0v) is 14.9. The van der Waals surface area contributed by atoms with E-state index in [4.69, 9.17) is 21.6 Å². The molecule has 2 N–H and O–H groups in total. The summed E-state index contributed by atoms with van der Waals surface area (Å²) in [5, 5.41) is 15.2. The predicted octanol–water partition coefficient (Wildman–Crippen LogP) is 3.57. The van der Waals surface area contributed by atoms with Gasteiger partial charge < -0.3 is 15.4 Å². The molecular weight excluding hydrogens is 316 g/mol. The highest BCUT2D eigenvalue weighted by atomic mass is 35.5. The molecule has 0 bridgehead atoms. The van der Waals surface area contributed by atoms with Gasteiger partial charge in [-0.25, -0.2) is 9.78 Å². The van der Waals surface area contributed by atoms with Crippen LogP contribution in [0.5, 0.6) is 0 Å². The summed E-state index contributed by atoms with van der Waals surface area (Å²) < 4.78 is 5.27. The zero-order valence-electron chi connectivity index (χ0n) is 14.1. The lowest BCUT2D eigenvalue weighted by atomic mass is 10.0. The molecule has 1 aromatic rings. The third-order valence-corrected chi connectivity index (χ3v) is 3.27. The minimum Gasteiger partial charge on any atom is -0.444 e. The van der Waals surface area contributed by atoms with Crippen LogP contribution in [-0.2, 0) is 4.74 Å². The van der Waals surface area contributed by atoms with E-state index in [1.807, 2.05) is 40.7 Å². The van der Waals surface area contributed by atoms with Crippen molar-refractivity contribution in [2.24, 2.45) is 5.92 Å². The van der Waals surface area contributed by atoms with Crippen LogP contribution in [0.25, 0.3) is 0 Å². The van der Waals surface area contributed by atoms with Crippen molar-refractivity contribution in [1.82, 2.24) is 10.3 Å². The molecule has 0 saturated heterocycles. The number of halogens is 1. The average molecular weight is 339 g/mol. The lowest BCUT2D eigenvalue weighted by Crippen LogP contribution is -2.45. The highest BCUT2D eigenvalue weighted by molar-refractivity contribution is 6.31. The Labute approximate surface area is 142 Å². The predicted molar refractivity (Wildman–Crippen MR) is 90.4 cm³/mol. The Kier molecular flexibility index (Phi) is 6.64. The lowest BCUT2D eigenvalue weighted by molar-refractivity contribution is 0.0494. The first kappa shape index (κ1) is 19.0. The molecule has 126 valence electrons. The number of nitriles is 1. The molecule has 0 saturated carbocycles. The van der Waals surface area contributed by atoms with Crippen LogP contribution in [0.4, 0.5) is 10.6 Å². The summed E-state index contributed by atoms with van der Waals surface area (Å²) >= 11 is 5.85. The number of ether oxygens (including phenoxy) is 1. The number of amides is 1. The van der Waals surface area contributed by atoms with Crippen molar-refractivity contribution in [3.8, 4) is 6.07 Å². The van der Waals surface area contributed by atoms with Gasteiger partial charge in [-0.05, 0) is 38.8 Å². The SMILES string of the molecule is CC(C)C(CNc1ccc(Cl)c(C#N)n1)NC(=O)OC(C)(C)C. The van der Waals surface area contributed by atoms with Crippen LogP contribution in [-0.4, -0.2) is 29.3 Å². The molecule has 0 spiro atoms. The molecule has 23 heavy (non-hydrogen) atoms. The summed E-state index contributed by atoms with van der Waals surface area (Å²) in [5.74, 6) is 0.723. The van der Waals surface area contributed by atoms with Crippen LogP contribution in [0.15, 0.2) is 12.1 Å². The molecule has 7 heteroatoms. The van der Waals surface area contributed by atoms with Crippen molar-refractivity contribution in [2.75, 3.05) is 11.9 Å². The van der Waals surface area contributed by atoms with E-state index in [0.29, 0.717) is 17.4 Å². The van der Waals surface area contributed by atoms with Gasteiger partial charge in [0.25, 0.3) is 0 Å². The van der Waals surface area contributed by atoms with Gasteiger partial charge in [-0.2, -0.15) is 5.26 Å². The topological polar surface area (TPSA) is 87.0 Å². The summed E-state index contributed by atoms with van der Waals surface area (Å²) in [6.07, 6.45) is -0.459. The molecule has 0 aromatic carbocycles. The molecule has 1 unspecified atom stereocenters. The van der Waals surface area contributed by atoms with E-state index in [9.17, 15) is 4.79 Å². The molecule has 0 radical (unpaired) electrons. The second kappa shape index (κ2) is 8.02. The zero-order chi connectivity index (χ0) is 17.6. The number of carbonyl (C=O) groups is 1. The maximum Gasteiger partial charge on any atom is 0.407 e. The third kappa shape index (κ3) is 6.74. The van der Waals surface area contributed by atoms with Gasteiger partial charge in [0.2, 0.25) is 0 Å². The van der Waals surface area contributed by atoms with E-state index in [1.54, 1.807) is 12.1 Å². The van der Waals surface area contributed by atoms with Crippen LogP contribution in [0.2, 0.25) is 5.02 Å². The Hall–Kier alpha value is -2.00. The number of alkyl carbamates (subject to hydrolysis) is 1. The Bertz CT molecular complexity index is 591. The number of hydrogen-bond donors (Lipinski definition) is 2. The second-order valence-corrected chi connectivity index (χ2v) is 6.92. The Morgan fingerprint density at radius 3 is 2.61 bits per heavy atom. The van der Waals surface area contributed by atoms with Crippen molar-refractivity contribution in [3.63, 3.8) is 0 Å². The number of aromatic nitrogens is 1. The number of pyridine rings is 1. The number of nitrogens with one attached hydrogen (secondary N) is 2. The largest absolute Gasteiger partial charge is 0.444 e. The van der Waals surface area contributed by atoms with Crippen molar-refractivity contribution in [2.45, 2.75) is 46.3 Å². The maximum atomic E-state index is 11.9. The van der Waals surface area contributed by atoms with E-state index in [1.165, 1.54) is 0 Å². The maximum absolute atomic E-state index is 11.9. The molecule has 6 nitrogen and oxygen atoms in total. The average Bonchev–Trinajstić information content (AvgIpc) is 2.42. The molecule has 0 aliphatic carbocycles. The number of nitrogens with zero attached hydrogens (tertiary/aromatic N) is 2. The molecule has 1 heterocycles. The van der Waals surface area contributed by atoms with E-state index < -0.39 is 11.7 Å². The monoisotopic (exact) mass is 338 g/mol. The highest BCUT2D eigenvalue weighted by Crippen LogP contribution is 2.16. The smallest absolute Gasteiger partial charge is 0.407 e. The van der Waals surface area contributed by atoms with Crippen LogP contribution in [0.3, 0.4) is 0 Å². The molecule has 1 aromatic heterocycles. The normalized spacial score (nSPS) is 12.4. The van der Waals surface area contributed by atoms with E-state index in [-0.39, 0.29) is 17.7 Å². The van der Waals surface area contributed by atoms with Gasteiger partial charge in [-0.1, -0.05) is 25.4 Å². The fourth-order valence-electron chi connectivity index (χ4n) is 1.75. The fourth-order valence-corrected chi connectivity index (χ4v) is 1.89. The highest BCUT2D eigenvalue weighted by Gasteiger charge is 2.21. The fraction of sp³-hybridized carbons (Fsp3) is 0.562. The Balaban J connectivity index is 2.67. The number of carbonyl (C=O) groups excluding carboxylic acids is 1. The van der Waals surface area contributed by atoms with Gasteiger partial charge in [0.1, 0.15) is 17.5 Å². The van der Waals surface area contributed by atoms with Crippen molar-refractivity contribution < 1.29 is 9.53 Å². The molecule has 1 atom stereocenters. The van der Waals surface area contributed by atoms with Crippen LogP contribution < -0.4 is 10.6 Å². The van der Waals surface area contributed by atoms with Crippen molar-refractivity contribution in [3.05, 3.63) is 22.8 Å². The van der Waals surface area contributed by atoms with Gasteiger partial charge in [-0.15, -0.1) is 0 Å². The Morgan fingerprint density at radius 2 is 2.09 bits per heavy atom. The standard InChI is InChI=1S/C16H23ClN4O2/c1-10(2)13(21-15(22)23-16(3,4)5)9-19-14-7-6-11(17)12(8-18)20-14/h6-7,10,13H,9H2,1-5H3,(H,19,20)(H,21,22).